The fourth-order valence-electron chi connectivity index (χ4n) is 3.35. The lowest BCUT2D eigenvalue weighted by atomic mass is 10.2. The van der Waals surface area contributed by atoms with E-state index in [1.54, 1.807) is 7.11 Å². The molecule has 2 aromatic rings. The lowest BCUT2D eigenvalue weighted by Gasteiger charge is -2.36. The Kier molecular flexibility index (Phi) is 5.81. The molecule has 0 unspecified atom stereocenters. The second kappa shape index (κ2) is 8.25. The van der Waals surface area contributed by atoms with Gasteiger partial charge in [0, 0.05) is 56.7 Å². The Balaban J connectivity index is 1.69. The summed E-state index contributed by atoms with van der Waals surface area (Å²) in [4.78, 5) is 16.5. The van der Waals surface area contributed by atoms with Crippen LogP contribution in [0.3, 0.4) is 0 Å². The average molecular weight is 355 g/mol. The van der Waals surface area contributed by atoms with Gasteiger partial charge in [-0.1, -0.05) is 0 Å². The second-order valence-electron chi connectivity index (χ2n) is 6.51. The summed E-state index contributed by atoms with van der Waals surface area (Å²) in [6.07, 6.45) is 0. The van der Waals surface area contributed by atoms with Crippen LogP contribution in [0.1, 0.15) is 19.5 Å². The van der Waals surface area contributed by atoms with Gasteiger partial charge in [0.25, 0.3) is 0 Å². The molecule has 0 amide bonds. The molecule has 0 aliphatic carbocycles. The molecule has 0 spiro atoms. The Morgan fingerprint density at radius 3 is 2.15 bits per heavy atom. The predicted molar refractivity (Wildman–Crippen MR) is 108 cm³/mol. The Morgan fingerprint density at radius 2 is 1.58 bits per heavy atom. The van der Waals surface area contributed by atoms with Crippen LogP contribution in [-0.2, 0) is 0 Å². The van der Waals surface area contributed by atoms with Gasteiger partial charge in [-0.3, -0.25) is 0 Å². The largest absolute Gasteiger partial charge is 0.497 e. The Labute approximate surface area is 156 Å². The van der Waals surface area contributed by atoms with Crippen molar-refractivity contribution in [3.05, 3.63) is 36.0 Å². The molecular weight excluding hydrogens is 326 g/mol. The number of nitrogens with zero attached hydrogens (tertiary/aromatic N) is 5. The van der Waals surface area contributed by atoms with E-state index in [1.165, 1.54) is 5.69 Å². The molecule has 0 atom stereocenters. The molecule has 26 heavy (non-hydrogen) atoms. The minimum atomic E-state index is 0.848. The van der Waals surface area contributed by atoms with E-state index in [9.17, 15) is 0 Å². The number of methoxy groups -OCH3 is 1. The number of aryl methyl sites for hydroxylation is 1. The van der Waals surface area contributed by atoms with Gasteiger partial charge in [0.1, 0.15) is 11.6 Å². The number of piperazine rings is 1. The second-order valence-corrected chi connectivity index (χ2v) is 6.51. The third-order valence-corrected chi connectivity index (χ3v) is 4.92. The van der Waals surface area contributed by atoms with Gasteiger partial charge >= 0.3 is 0 Å². The molecule has 3 rings (SSSR count). The third kappa shape index (κ3) is 4.00. The molecule has 1 aromatic carbocycles. The van der Waals surface area contributed by atoms with Crippen LogP contribution in [0.15, 0.2) is 30.3 Å². The molecule has 1 aliphatic rings. The van der Waals surface area contributed by atoms with Gasteiger partial charge < -0.3 is 19.4 Å². The molecule has 1 saturated heterocycles. The van der Waals surface area contributed by atoms with E-state index in [-0.39, 0.29) is 0 Å². The van der Waals surface area contributed by atoms with Crippen molar-refractivity contribution in [3.8, 4) is 5.75 Å². The van der Waals surface area contributed by atoms with Crippen molar-refractivity contribution < 1.29 is 4.74 Å². The van der Waals surface area contributed by atoms with E-state index in [0.717, 1.165) is 62.5 Å². The minimum Gasteiger partial charge on any atom is -0.497 e. The molecular formula is C20H29N5O. The Hall–Kier alpha value is -2.50. The van der Waals surface area contributed by atoms with Crippen LogP contribution in [0.25, 0.3) is 0 Å². The topological polar surface area (TPSA) is 44.7 Å². The van der Waals surface area contributed by atoms with Gasteiger partial charge in [-0.15, -0.1) is 0 Å². The maximum Gasteiger partial charge on any atom is 0.227 e. The normalized spacial score (nSPS) is 14.5. The van der Waals surface area contributed by atoms with Crippen LogP contribution in [0.2, 0.25) is 0 Å². The Bertz CT molecular complexity index is 707. The van der Waals surface area contributed by atoms with Crippen molar-refractivity contribution in [1.29, 1.82) is 0 Å². The number of aromatic nitrogens is 2. The zero-order valence-corrected chi connectivity index (χ0v) is 16.3. The summed E-state index contributed by atoms with van der Waals surface area (Å²) in [5.74, 6) is 2.76. The van der Waals surface area contributed by atoms with E-state index < -0.39 is 0 Å². The summed E-state index contributed by atoms with van der Waals surface area (Å²) in [7, 11) is 1.70. The van der Waals surface area contributed by atoms with Gasteiger partial charge in [0.05, 0.1) is 7.11 Å². The maximum atomic E-state index is 5.24. The number of anilines is 3. The third-order valence-electron chi connectivity index (χ3n) is 4.92. The summed E-state index contributed by atoms with van der Waals surface area (Å²) >= 11 is 0. The molecule has 6 heteroatoms. The van der Waals surface area contributed by atoms with Crippen molar-refractivity contribution in [2.75, 3.05) is 61.1 Å². The Morgan fingerprint density at radius 1 is 0.962 bits per heavy atom. The van der Waals surface area contributed by atoms with E-state index in [2.05, 4.69) is 51.7 Å². The average Bonchev–Trinajstić information content (AvgIpc) is 2.69. The van der Waals surface area contributed by atoms with Crippen molar-refractivity contribution in [2.24, 2.45) is 0 Å². The van der Waals surface area contributed by atoms with Gasteiger partial charge in [0.2, 0.25) is 5.95 Å². The summed E-state index contributed by atoms with van der Waals surface area (Å²) in [6.45, 7) is 12.1. The highest BCUT2D eigenvalue weighted by molar-refractivity contribution is 5.51. The lowest BCUT2D eigenvalue weighted by Crippen LogP contribution is -2.47. The molecule has 0 bridgehead atoms. The smallest absolute Gasteiger partial charge is 0.227 e. The molecule has 1 aromatic heterocycles. The summed E-state index contributed by atoms with van der Waals surface area (Å²) < 4.78 is 5.24. The highest BCUT2D eigenvalue weighted by Gasteiger charge is 2.20. The standard InChI is InChI=1S/C20H29N5O/c1-5-23(6-2)19-15-16(3)21-20(22-19)25-13-11-24(12-14-25)17-7-9-18(26-4)10-8-17/h7-10,15H,5-6,11-14H2,1-4H3. The number of rotatable bonds is 6. The number of hydrogen-bond acceptors (Lipinski definition) is 6. The van der Waals surface area contributed by atoms with Gasteiger partial charge in [-0.05, 0) is 45.0 Å². The highest BCUT2D eigenvalue weighted by Crippen LogP contribution is 2.23. The van der Waals surface area contributed by atoms with Crippen molar-refractivity contribution in [3.63, 3.8) is 0 Å². The maximum absolute atomic E-state index is 5.24. The fourth-order valence-corrected chi connectivity index (χ4v) is 3.35. The van der Waals surface area contributed by atoms with Crippen LogP contribution < -0.4 is 19.4 Å². The van der Waals surface area contributed by atoms with Crippen molar-refractivity contribution in [2.45, 2.75) is 20.8 Å². The molecule has 140 valence electrons. The SMILES string of the molecule is CCN(CC)c1cc(C)nc(N2CCN(c3ccc(OC)cc3)CC2)n1. The number of hydrogen-bond donors (Lipinski definition) is 0. The zero-order chi connectivity index (χ0) is 18.5. The van der Waals surface area contributed by atoms with E-state index in [1.807, 2.05) is 19.1 Å². The van der Waals surface area contributed by atoms with Crippen molar-refractivity contribution in [1.82, 2.24) is 9.97 Å². The quantitative estimate of drug-likeness (QED) is 0.794. The summed E-state index contributed by atoms with van der Waals surface area (Å²) in [5, 5.41) is 0. The zero-order valence-electron chi connectivity index (χ0n) is 16.3. The first-order chi connectivity index (χ1) is 12.6. The summed E-state index contributed by atoms with van der Waals surface area (Å²) in [5.41, 5.74) is 2.26. The number of ether oxygens (including phenoxy) is 1. The predicted octanol–water partition coefficient (Wildman–Crippen LogP) is 2.97. The molecule has 1 aliphatic heterocycles. The van der Waals surface area contributed by atoms with Crippen LogP contribution in [0.4, 0.5) is 17.5 Å². The first-order valence-electron chi connectivity index (χ1n) is 9.39. The van der Waals surface area contributed by atoms with Crippen LogP contribution in [-0.4, -0.2) is 56.3 Å². The van der Waals surface area contributed by atoms with Crippen LogP contribution in [0.5, 0.6) is 5.75 Å². The van der Waals surface area contributed by atoms with Crippen LogP contribution in [0, 0.1) is 6.92 Å². The monoisotopic (exact) mass is 355 g/mol. The molecule has 2 heterocycles. The van der Waals surface area contributed by atoms with Gasteiger partial charge in [-0.2, -0.15) is 4.98 Å². The van der Waals surface area contributed by atoms with Gasteiger partial charge in [-0.25, -0.2) is 4.98 Å². The minimum absolute atomic E-state index is 0.848. The molecule has 0 N–H and O–H groups in total. The first kappa shape index (κ1) is 18.3. The molecule has 6 nitrogen and oxygen atoms in total. The van der Waals surface area contributed by atoms with Crippen LogP contribution >= 0.6 is 0 Å². The number of benzene rings is 1. The molecule has 0 radical (unpaired) electrons. The highest BCUT2D eigenvalue weighted by atomic mass is 16.5. The van der Waals surface area contributed by atoms with E-state index in [4.69, 9.17) is 9.72 Å². The molecule has 0 saturated carbocycles. The van der Waals surface area contributed by atoms with Gasteiger partial charge in [0.15, 0.2) is 0 Å². The van der Waals surface area contributed by atoms with Crippen molar-refractivity contribution >= 4 is 17.5 Å². The lowest BCUT2D eigenvalue weighted by molar-refractivity contribution is 0.415. The van der Waals surface area contributed by atoms with E-state index in [0.29, 0.717) is 0 Å². The summed E-state index contributed by atoms with van der Waals surface area (Å²) in [6, 6.07) is 10.3. The first-order valence-corrected chi connectivity index (χ1v) is 9.39. The molecule has 1 fully saturated rings. The fraction of sp³-hybridized carbons (Fsp3) is 0.500. The van der Waals surface area contributed by atoms with E-state index >= 15 is 0 Å².